The number of anilines is 2. The average molecular weight is 291 g/mol. The van der Waals surface area contributed by atoms with Crippen LogP contribution in [0.25, 0.3) is 0 Å². The molecule has 1 N–H and O–H groups in total. The monoisotopic (exact) mass is 290 g/mol. The summed E-state index contributed by atoms with van der Waals surface area (Å²) in [5, 5.41) is 3.49. The van der Waals surface area contributed by atoms with Gasteiger partial charge in [0, 0.05) is 25.8 Å². The summed E-state index contributed by atoms with van der Waals surface area (Å²) in [7, 11) is 2.10. The molecule has 0 bridgehead atoms. The van der Waals surface area contributed by atoms with E-state index in [0.717, 1.165) is 18.5 Å². The zero-order valence-electron chi connectivity index (χ0n) is 11.3. The van der Waals surface area contributed by atoms with Crippen LogP contribution in [0.4, 0.5) is 15.8 Å². The van der Waals surface area contributed by atoms with Crippen LogP contribution in [0, 0.1) is 5.82 Å². The highest BCUT2D eigenvalue weighted by atomic mass is 35.5. The van der Waals surface area contributed by atoms with Gasteiger partial charge in [0.25, 0.3) is 0 Å². The smallest absolute Gasteiger partial charge is 0.147 e. The molecule has 0 radical (unpaired) electrons. The van der Waals surface area contributed by atoms with E-state index in [9.17, 15) is 4.39 Å². The summed E-state index contributed by atoms with van der Waals surface area (Å²) < 4.78 is 13.7. The van der Waals surface area contributed by atoms with Crippen molar-refractivity contribution < 1.29 is 4.39 Å². The Morgan fingerprint density at radius 1 is 1.30 bits per heavy atom. The third-order valence-electron chi connectivity index (χ3n) is 3.70. The van der Waals surface area contributed by atoms with E-state index in [1.54, 1.807) is 12.1 Å². The van der Waals surface area contributed by atoms with Crippen LogP contribution in [0.2, 0.25) is 5.02 Å². The van der Waals surface area contributed by atoms with Crippen LogP contribution >= 0.6 is 11.6 Å². The number of hydrogen-bond donors (Lipinski definition) is 1. The molecular weight excluding hydrogens is 275 g/mol. The molecule has 4 heteroatoms. The van der Waals surface area contributed by atoms with Crippen molar-refractivity contribution in [2.24, 2.45) is 0 Å². The Morgan fingerprint density at radius 2 is 2.15 bits per heavy atom. The Labute approximate surface area is 123 Å². The largest absolute Gasteiger partial charge is 0.377 e. The van der Waals surface area contributed by atoms with Crippen molar-refractivity contribution >= 4 is 23.0 Å². The second kappa shape index (κ2) is 5.33. The van der Waals surface area contributed by atoms with E-state index in [1.807, 2.05) is 0 Å². The van der Waals surface area contributed by atoms with Crippen LogP contribution in [0.5, 0.6) is 0 Å². The Bertz CT molecular complexity index is 622. The quantitative estimate of drug-likeness (QED) is 0.916. The maximum atomic E-state index is 13.7. The van der Waals surface area contributed by atoms with Crippen LogP contribution in [-0.4, -0.2) is 13.6 Å². The lowest BCUT2D eigenvalue weighted by Crippen LogP contribution is -2.12. The molecule has 2 aromatic carbocycles. The molecule has 0 unspecified atom stereocenters. The molecule has 0 saturated heterocycles. The molecule has 0 atom stereocenters. The first-order valence-electron chi connectivity index (χ1n) is 6.66. The summed E-state index contributed by atoms with van der Waals surface area (Å²) in [5.74, 6) is -0.321. The SMILES string of the molecule is CN1CCc2cc(CNc3c(F)cccc3Cl)ccc21. The van der Waals surface area contributed by atoms with E-state index < -0.39 is 0 Å². The number of nitrogens with zero attached hydrogens (tertiary/aromatic N) is 1. The van der Waals surface area contributed by atoms with Gasteiger partial charge in [-0.05, 0) is 35.7 Å². The lowest BCUT2D eigenvalue weighted by Gasteiger charge is -2.13. The highest BCUT2D eigenvalue weighted by molar-refractivity contribution is 6.33. The van der Waals surface area contributed by atoms with Crippen molar-refractivity contribution in [2.45, 2.75) is 13.0 Å². The Kier molecular flexibility index (Phi) is 3.53. The van der Waals surface area contributed by atoms with Crippen molar-refractivity contribution in [2.75, 3.05) is 23.8 Å². The van der Waals surface area contributed by atoms with Gasteiger partial charge in [0.05, 0.1) is 10.7 Å². The predicted octanol–water partition coefficient (Wildman–Crippen LogP) is 4.08. The maximum absolute atomic E-state index is 13.7. The molecule has 2 aromatic rings. The molecule has 0 fully saturated rings. The Hall–Kier alpha value is -1.74. The van der Waals surface area contributed by atoms with E-state index in [-0.39, 0.29) is 5.82 Å². The first kappa shape index (κ1) is 13.3. The highest BCUT2D eigenvalue weighted by Gasteiger charge is 2.15. The van der Waals surface area contributed by atoms with Gasteiger partial charge < -0.3 is 10.2 Å². The molecule has 2 nitrogen and oxygen atoms in total. The van der Waals surface area contributed by atoms with Crippen LogP contribution in [0.1, 0.15) is 11.1 Å². The van der Waals surface area contributed by atoms with Crippen molar-refractivity contribution in [3.63, 3.8) is 0 Å². The van der Waals surface area contributed by atoms with Gasteiger partial charge >= 0.3 is 0 Å². The Morgan fingerprint density at radius 3 is 2.95 bits per heavy atom. The molecule has 0 amide bonds. The maximum Gasteiger partial charge on any atom is 0.147 e. The molecule has 0 spiro atoms. The van der Waals surface area contributed by atoms with Crippen molar-refractivity contribution in [3.05, 3.63) is 58.4 Å². The van der Waals surface area contributed by atoms with Crippen molar-refractivity contribution in [3.8, 4) is 0 Å². The summed E-state index contributed by atoms with van der Waals surface area (Å²) in [6, 6.07) is 11.1. The summed E-state index contributed by atoms with van der Waals surface area (Å²) >= 11 is 6.00. The fourth-order valence-corrected chi connectivity index (χ4v) is 2.82. The Balaban J connectivity index is 1.76. The highest BCUT2D eigenvalue weighted by Crippen LogP contribution is 2.29. The van der Waals surface area contributed by atoms with E-state index in [0.29, 0.717) is 17.3 Å². The van der Waals surface area contributed by atoms with Gasteiger partial charge in [-0.15, -0.1) is 0 Å². The van der Waals surface area contributed by atoms with Crippen LogP contribution in [0.15, 0.2) is 36.4 Å². The second-order valence-electron chi connectivity index (χ2n) is 5.08. The van der Waals surface area contributed by atoms with Gasteiger partial charge in [-0.2, -0.15) is 0 Å². The second-order valence-corrected chi connectivity index (χ2v) is 5.49. The molecule has 0 aromatic heterocycles. The summed E-state index contributed by atoms with van der Waals surface area (Å²) in [6.07, 6.45) is 1.07. The third kappa shape index (κ3) is 2.46. The van der Waals surface area contributed by atoms with Crippen LogP contribution in [-0.2, 0) is 13.0 Å². The fraction of sp³-hybridized carbons (Fsp3) is 0.250. The van der Waals surface area contributed by atoms with E-state index >= 15 is 0 Å². The van der Waals surface area contributed by atoms with Crippen LogP contribution < -0.4 is 10.2 Å². The number of halogens is 2. The minimum absolute atomic E-state index is 0.321. The standard InChI is InChI=1S/C16H16ClFN2/c1-20-8-7-12-9-11(5-6-15(12)20)10-19-16-13(17)3-2-4-14(16)18/h2-6,9,19H,7-8,10H2,1H3. The van der Waals surface area contributed by atoms with Gasteiger partial charge in [0.2, 0.25) is 0 Å². The lowest BCUT2D eigenvalue weighted by atomic mass is 10.1. The first-order chi connectivity index (χ1) is 9.65. The third-order valence-corrected chi connectivity index (χ3v) is 4.02. The fourth-order valence-electron chi connectivity index (χ4n) is 2.59. The summed E-state index contributed by atoms with van der Waals surface area (Å²) in [4.78, 5) is 2.25. The number of fused-ring (bicyclic) bond motifs is 1. The number of benzene rings is 2. The van der Waals surface area contributed by atoms with E-state index in [2.05, 4.69) is 35.5 Å². The van der Waals surface area contributed by atoms with Gasteiger partial charge in [-0.3, -0.25) is 0 Å². The summed E-state index contributed by atoms with van der Waals surface area (Å²) in [6.45, 7) is 1.63. The normalized spacial score (nSPS) is 13.4. The predicted molar refractivity (Wildman–Crippen MR) is 82.2 cm³/mol. The number of para-hydroxylation sites is 1. The topological polar surface area (TPSA) is 15.3 Å². The van der Waals surface area contributed by atoms with Crippen LogP contribution in [0.3, 0.4) is 0 Å². The van der Waals surface area contributed by atoms with E-state index in [1.165, 1.54) is 17.3 Å². The molecular formula is C16H16ClFN2. The molecule has 20 heavy (non-hydrogen) atoms. The molecule has 1 aliphatic rings. The number of likely N-dealkylation sites (N-methyl/N-ethyl adjacent to an activating group) is 1. The molecule has 104 valence electrons. The van der Waals surface area contributed by atoms with Gasteiger partial charge in [0.15, 0.2) is 0 Å². The minimum Gasteiger partial charge on any atom is -0.377 e. The zero-order chi connectivity index (χ0) is 14.1. The molecule has 1 heterocycles. The minimum atomic E-state index is -0.321. The van der Waals surface area contributed by atoms with E-state index in [4.69, 9.17) is 11.6 Å². The number of rotatable bonds is 3. The van der Waals surface area contributed by atoms with Crippen molar-refractivity contribution in [1.82, 2.24) is 0 Å². The lowest BCUT2D eigenvalue weighted by molar-refractivity contribution is 0.630. The molecule has 1 aliphatic heterocycles. The first-order valence-corrected chi connectivity index (χ1v) is 7.04. The average Bonchev–Trinajstić information content (AvgIpc) is 2.79. The summed E-state index contributed by atoms with van der Waals surface area (Å²) in [5.41, 5.74) is 4.15. The number of nitrogens with one attached hydrogen (secondary N) is 1. The van der Waals surface area contributed by atoms with Gasteiger partial charge in [0.1, 0.15) is 5.82 Å². The molecule has 0 aliphatic carbocycles. The van der Waals surface area contributed by atoms with Gasteiger partial charge in [-0.1, -0.05) is 29.8 Å². The van der Waals surface area contributed by atoms with Crippen molar-refractivity contribution in [1.29, 1.82) is 0 Å². The molecule has 3 rings (SSSR count). The zero-order valence-corrected chi connectivity index (χ0v) is 12.0. The molecule has 0 saturated carbocycles. The van der Waals surface area contributed by atoms with Gasteiger partial charge in [-0.25, -0.2) is 4.39 Å². The number of hydrogen-bond acceptors (Lipinski definition) is 2.